The molecule has 0 saturated heterocycles. The molecule has 0 unspecified atom stereocenters. The number of azide groups is 1. The van der Waals surface area contributed by atoms with Gasteiger partial charge in [0.2, 0.25) is 5.88 Å². The number of hydrogen-bond donors (Lipinski definition) is 0. The molecule has 0 saturated carbocycles. The second kappa shape index (κ2) is 5.61. The predicted molar refractivity (Wildman–Crippen MR) is 53.8 cm³/mol. The van der Waals surface area contributed by atoms with Crippen LogP contribution in [-0.4, -0.2) is 18.6 Å². The normalized spacial score (nSPS) is 9.79. The molecular formula is C9H10N4O. The fourth-order valence-corrected chi connectivity index (χ4v) is 0.964. The summed E-state index contributed by atoms with van der Waals surface area (Å²) in [6.45, 7) is 0.328. The molecular weight excluding hydrogens is 180 g/mol. The number of aromatic nitrogens is 1. The second-order valence-electron chi connectivity index (χ2n) is 2.42. The van der Waals surface area contributed by atoms with Crippen molar-refractivity contribution in [1.29, 1.82) is 0 Å². The lowest BCUT2D eigenvalue weighted by Gasteiger charge is -2.00. The van der Waals surface area contributed by atoms with Crippen LogP contribution in [0.4, 0.5) is 0 Å². The van der Waals surface area contributed by atoms with E-state index in [2.05, 4.69) is 15.0 Å². The van der Waals surface area contributed by atoms with Gasteiger partial charge in [-0.1, -0.05) is 17.3 Å². The van der Waals surface area contributed by atoms with Crippen LogP contribution in [0.5, 0.6) is 5.88 Å². The van der Waals surface area contributed by atoms with Crippen LogP contribution in [0.1, 0.15) is 5.56 Å². The van der Waals surface area contributed by atoms with Gasteiger partial charge in [0.1, 0.15) is 0 Å². The predicted octanol–water partition coefficient (Wildman–Crippen LogP) is 2.41. The van der Waals surface area contributed by atoms with Crippen molar-refractivity contribution in [2.45, 2.75) is 0 Å². The average Bonchev–Trinajstić information content (AvgIpc) is 2.25. The van der Waals surface area contributed by atoms with E-state index in [1.165, 1.54) is 0 Å². The molecule has 0 N–H and O–H groups in total. The fourth-order valence-electron chi connectivity index (χ4n) is 0.964. The van der Waals surface area contributed by atoms with Crippen molar-refractivity contribution in [3.8, 4) is 5.88 Å². The molecule has 1 aromatic heterocycles. The number of methoxy groups -OCH3 is 1. The largest absolute Gasteiger partial charge is 0.481 e. The molecule has 0 aliphatic carbocycles. The molecule has 0 aliphatic rings. The molecule has 0 aromatic carbocycles. The highest BCUT2D eigenvalue weighted by molar-refractivity contribution is 5.54. The summed E-state index contributed by atoms with van der Waals surface area (Å²) in [6, 6.07) is 3.69. The molecule has 0 aliphatic heterocycles. The van der Waals surface area contributed by atoms with Gasteiger partial charge >= 0.3 is 0 Å². The van der Waals surface area contributed by atoms with E-state index in [9.17, 15) is 0 Å². The SMILES string of the molecule is COc1ncccc1C=CCN=[N+]=[N-]. The van der Waals surface area contributed by atoms with Crippen molar-refractivity contribution in [3.63, 3.8) is 0 Å². The third-order valence-electron chi connectivity index (χ3n) is 1.54. The van der Waals surface area contributed by atoms with Crippen molar-refractivity contribution in [1.82, 2.24) is 4.98 Å². The van der Waals surface area contributed by atoms with Crippen LogP contribution in [0.2, 0.25) is 0 Å². The number of nitrogens with zero attached hydrogens (tertiary/aromatic N) is 4. The lowest BCUT2D eigenvalue weighted by Crippen LogP contribution is -1.89. The minimum atomic E-state index is 0.328. The van der Waals surface area contributed by atoms with Crippen molar-refractivity contribution in [2.75, 3.05) is 13.7 Å². The summed E-state index contributed by atoms with van der Waals surface area (Å²) in [5.41, 5.74) is 8.92. The Kier molecular flexibility index (Phi) is 4.04. The second-order valence-corrected chi connectivity index (χ2v) is 2.42. The molecule has 0 bridgehead atoms. The first-order valence-corrected chi connectivity index (χ1v) is 4.05. The van der Waals surface area contributed by atoms with E-state index in [1.807, 2.05) is 12.1 Å². The Morgan fingerprint density at radius 1 is 1.71 bits per heavy atom. The molecule has 0 radical (unpaired) electrons. The summed E-state index contributed by atoms with van der Waals surface area (Å²) < 4.78 is 5.04. The Bertz CT molecular complexity index is 369. The zero-order chi connectivity index (χ0) is 10.2. The molecule has 1 heterocycles. The van der Waals surface area contributed by atoms with Crippen LogP contribution in [-0.2, 0) is 0 Å². The number of ether oxygens (including phenoxy) is 1. The highest BCUT2D eigenvalue weighted by Crippen LogP contribution is 2.14. The van der Waals surface area contributed by atoms with Gasteiger partial charge in [0, 0.05) is 23.2 Å². The van der Waals surface area contributed by atoms with Gasteiger partial charge in [-0.3, -0.25) is 0 Å². The molecule has 0 atom stereocenters. The maximum absolute atomic E-state index is 8.05. The fraction of sp³-hybridized carbons (Fsp3) is 0.222. The van der Waals surface area contributed by atoms with Crippen LogP contribution < -0.4 is 4.74 Å². The van der Waals surface area contributed by atoms with Crippen molar-refractivity contribution >= 4 is 6.08 Å². The van der Waals surface area contributed by atoms with E-state index >= 15 is 0 Å². The van der Waals surface area contributed by atoms with Crippen molar-refractivity contribution < 1.29 is 4.74 Å². The minimum absolute atomic E-state index is 0.328. The third-order valence-corrected chi connectivity index (χ3v) is 1.54. The molecule has 0 amide bonds. The maximum Gasteiger partial charge on any atom is 0.220 e. The molecule has 0 spiro atoms. The van der Waals surface area contributed by atoms with Gasteiger partial charge in [-0.2, -0.15) is 0 Å². The van der Waals surface area contributed by atoms with E-state index < -0.39 is 0 Å². The first-order valence-electron chi connectivity index (χ1n) is 4.05. The van der Waals surface area contributed by atoms with Crippen LogP contribution in [0.15, 0.2) is 29.5 Å². The minimum Gasteiger partial charge on any atom is -0.481 e. The molecule has 0 fully saturated rings. The Hall–Kier alpha value is -2.00. The van der Waals surface area contributed by atoms with E-state index in [0.29, 0.717) is 12.4 Å². The summed E-state index contributed by atoms with van der Waals surface area (Å²) in [5, 5.41) is 3.37. The molecule has 1 rings (SSSR count). The van der Waals surface area contributed by atoms with Gasteiger partial charge < -0.3 is 4.74 Å². The highest BCUT2D eigenvalue weighted by atomic mass is 16.5. The molecule has 1 aromatic rings. The molecule has 14 heavy (non-hydrogen) atoms. The summed E-state index contributed by atoms with van der Waals surface area (Å²) in [5.74, 6) is 0.560. The summed E-state index contributed by atoms with van der Waals surface area (Å²) in [4.78, 5) is 6.66. The molecule has 5 heteroatoms. The van der Waals surface area contributed by atoms with Gasteiger partial charge in [0.25, 0.3) is 0 Å². The maximum atomic E-state index is 8.05. The van der Waals surface area contributed by atoms with Crippen LogP contribution in [0, 0.1) is 0 Å². The smallest absolute Gasteiger partial charge is 0.220 e. The van der Waals surface area contributed by atoms with Crippen LogP contribution in [0.25, 0.3) is 16.5 Å². The van der Waals surface area contributed by atoms with E-state index in [-0.39, 0.29) is 0 Å². The monoisotopic (exact) mass is 190 g/mol. The van der Waals surface area contributed by atoms with Gasteiger partial charge in [-0.15, -0.1) is 0 Å². The summed E-state index contributed by atoms with van der Waals surface area (Å²) in [6.07, 6.45) is 5.21. The van der Waals surface area contributed by atoms with Crippen molar-refractivity contribution in [3.05, 3.63) is 40.4 Å². The van der Waals surface area contributed by atoms with Gasteiger partial charge in [-0.25, -0.2) is 4.98 Å². The lowest BCUT2D eigenvalue weighted by molar-refractivity contribution is 0.397. The summed E-state index contributed by atoms with van der Waals surface area (Å²) in [7, 11) is 1.56. The number of pyridine rings is 1. The first kappa shape index (κ1) is 10.1. The lowest BCUT2D eigenvalue weighted by atomic mass is 10.2. The number of hydrogen-bond acceptors (Lipinski definition) is 3. The Balaban J connectivity index is 2.74. The summed E-state index contributed by atoms with van der Waals surface area (Å²) >= 11 is 0. The van der Waals surface area contributed by atoms with Gasteiger partial charge in [0.15, 0.2) is 0 Å². The van der Waals surface area contributed by atoms with Gasteiger partial charge in [0.05, 0.1) is 7.11 Å². The van der Waals surface area contributed by atoms with Crippen molar-refractivity contribution in [2.24, 2.45) is 5.11 Å². The average molecular weight is 190 g/mol. The van der Waals surface area contributed by atoms with E-state index in [0.717, 1.165) is 5.56 Å². The topological polar surface area (TPSA) is 70.9 Å². The third kappa shape index (κ3) is 2.80. The van der Waals surface area contributed by atoms with Crippen LogP contribution in [0.3, 0.4) is 0 Å². The Morgan fingerprint density at radius 2 is 2.57 bits per heavy atom. The molecule has 72 valence electrons. The Labute approximate surface area is 81.7 Å². The highest BCUT2D eigenvalue weighted by Gasteiger charge is 1.96. The van der Waals surface area contributed by atoms with Crippen LogP contribution >= 0.6 is 0 Å². The quantitative estimate of drug-likeness (QED) is 0.415. The van der Waals surface area contributed by atoms with E-state index in [4.69, 9.17) is 10.3 Å². The van der Waals surface area contributed by atoms with E-state index in [1.54, 1.807) is 25.5 Å². The zero-order valence-electron chi connectivity index (χ0n) is 7.79. The first-order chi connectivity index (χ1) is 6.88. The van der Waals surface area contributed by atoms with Gasteiger partial charge in [-0.05, 0) is 17.7 Å². The Morgan fingerprint density at radius 3 is 3.29 bits per heavy atom. The standard InChI is InChI=1S/C9H10N4O/c1-14-9-8(4-2-6-11-9)5-3-7-12-13-10/h2-6H,7H2,1H3. The number of rotatable bonds is 4. The molecule has 5 nitrogen and oxygen atoms in total. The zero-order valence-corrected chi connectivity index (χ0v) is 7.79.